The van der Waals surface area contributed by atoms with Crippen LogP contribution in [-0.2, 0) is 4.79 Å². The molecular formula is C9H18N2O. The van der Waals surface area contributed by atoms with Crippen LogP contribution in [0.1, 0.15) is 27.2 Å². The van der Waals surface area contributed by atoms with E-state index >= 15 is 0 Å². The molecule has 1 N–H and O–H groups in total. The molecule has 1 rings (SSSR count). The SMILES string of the molecule is CN1CCC(C(=O)C(C)(C)C)N1. The van der Waals surface area contributed by atoms with Gasteiger partial charge < -0.3 is 0 Å². The first-order chi connectivity index (χ1) is 5.41. The standard InChI is InChI=1S/C9H18N2O/c1-9(2,3)8(12)7-5-6-11(4)10-7/h7,10H,5-6H2,1-4H3. The van der Waals surface area contributed by atoms with Gasteiger partial charge in [-0.15, -0.1) is 0 Å². The number of hydrogen-bond acceptors (Lipinski definition) is 3. The maximum atomic E-state index is 11.7. The van der Waals surface area contributed by atoms with Crippen LogP contribution in [-0.4, -0.2) is 30.4 Å². The quantitative estimate of drug-likeness (QED) is 0.632. The second-order valence-corrected chi connectivity index (χ2v) is 4.51. The molecule has 0 amide bonds. The number of ketones is 1. The van der Waals surface area contributed by atoms with Crippen molar-refractivity contribution in [2.24, 2.45) is 5.41 Å². The van der Waals surface area contributed by atoms with Crippen LogP contribution in [0.4, 0.5) is 0 Å². The summed E-state index contributed by atoms with van der Waals surface area (Å²) >= 11 is 0. The number of nitrogens with one attached hydrogen (secondary N) is 1. The largest absolute Gasteiger partial charge is 0.297 e. The number of hydrazine groups is 1. The molecule has 70 valence electrons. The van der Waals surface area contributed by atoms with Crippen molar-refractivity contribution >= 4 is 5.78 Å². The van der Waals surface area contributed by atoms with E-state index in [1.54, 1.807) is 0 Å². The van der Waals surface area contributed by atoms with E-state index in [1.165, 1.54) is 0 Å². The third-order valence-corrected chi connectivity index (χ3v) is 2.19. The molecule has 3 heteroatoms. The van der Waals surface area contributed by atoms with Gasteiger partial charge in [0, 0.05) is 19.0 Å². The van der Waals surface area contributed by atoms with E-state index in [2.05, 4.69) is 5.43 Å². The van der Waals surface area contributed by atoms with Gasteiger partial charge in [-0.3, -0.25) is 4.79 Å². The van der Waals surface area contributed by atoms with Crippen LogP contribution in [0.2, 0.25) is 0 Å². The van der Waals surface area contributed by atoms with Crippen molar-refractivity contribution in [3.05, 3.63) is 0 Å². The monoisotopic (exact) mass is 170 g/mol. The van der Waals surface area contributed by atoms with Gasteiger partial charge in [-0.25, -0.2) is 10.4 Å². The topological polar surface area (TPSA) is 32.3 Å². The van der Waals surface area contributed by atoms with Gasteiger partial charge in [-0.05, 0) is 6.42 Å². The fraction of sp³-hybridized carbons (Fsp3) is 0.889. The first kappa shape index (κ1) is 9.68. The maximum absolute atomic E-state index is 11.7. The summed E-state index contributed by atoms with van der Waals surface area (Å²) < 4.78 is 0. The van der Waals surface area contributed by atoms with E-state index < -0.39 is 0 Å². The van der Waals surface area contributed by atoms with Gasteiger partial charge >= 0.3 is 0 Å². The van der Waals surface area contributed by atoms with Gasteiger partial charge in [0.2, 0.25) is 0 Å². The minimum Gasteiger partial charge on any atom is -0.297 e. The molecule has 1 heterocycles. The lowest BCUT2D eigenvalue weighted by atomic mass is 9.86. The van der Waals surface area contributed by atoms with Crippen LogP contribution < -0.4 is 5.43 Å². The Morgan fingerprint density at radius 3 is 2.42 bits per heavy atom. The number of Topliss-reactive ketones (excluding diaryl/α,β-unsaturated/α-hetero) is 1. The molecule has 0 aromatic carbocycles. The fourth-order valence-electron chi connectivity index (χ4n) is 1.43. The van der Waals surface area contributed by atoms with Crippen LogP contribution >= 0.6 is 0 Å². The zero-order valence-electron chi connectivity index (χ0n) is 8.35. The average molecular weight is 170 g/mol. The first-order valence-electron chi connectivity index (χ1n) is 4.43. The summed E-state index contributed by atoms with van der Waals surface area (Å²) in [7, 11) is 1.97. The summed E-state index contributed by atoms with van der Waals surface area (Å²) in [4.78, 5) is 11.7. The predicted octanol–water partition coefficient (Wildman–Crippen LogP) is 0.810. The van der Waals surface area contributed by atoms with Crippen molar-refractivity contribution < 1.29 is 4.79 Å². The van der Waals surface area contributed by atoms with Gasteiger partial charge in [0.15, 0.2) is 5.78 Å². The third-order valence-electron chi connectivity index (χ3n) is 2.19. The lowest BCUT2D eigenvalue weighted by Crippen LogP contribution is -2.42. The molecule has 0 aromatic rings. The van der Waals surface area contributed by atoms with Crippen LogP contribution in [0.3, 0.4) is 0 Å². The van der Waals surface area contributed by atoms with Crippen molar-refractivity contribution in [2.75, 3.05) is 13.6 Å². The molecule has 0 spiro atoms. The Hall–Kier alpha value is -0.410. The molecule has 1 unspecified atom stereocenters. The molecule has 0 aromatic heterocycles. The Labute approximate surface area is 74.1 Å². The molecule has 1 aliphatic rings. The normalized spacial score (nSPS) is 26.2. The molecule has 0 aliphatic carbocycles. The Bertz CT molecular complexity index is 183. The van der Waals surface area contributed by atoms with Crippen LogP contribution in [0.5, 0.6) is 0 Å². The Morgan fingerprint density at radius 1 is 1.50 bits per heavy atom. The highest BCUT2D eigenvalue weighted by molar-refractivity contribution is 5.88. The van der Waals surface area contributed by atoms with Gasteiger partial charge in [-0.2, -0.15) is 0 Å². The Morgan fingerprint density at radius 2 is 2.08 bits per heavy atom. The number of nitrogens with zero attached hydrogens (tertiary/aromatic N) is 1. The lowest BCUT2D eigenvalue weighted by molar-refractivity contribution is -0.128. The van der Waals surface area contributed by atoms with Gasteiger partial charge in [0.1, 0.15) is 0 Å². The van der Waals surface area contributed by atoms with E-state index in [0.29, 0.717) is 5.78 Å². The average Bonchev–Trinajstić information content (AvgIpc) is 2.32. The van der Waals surface area contributed by atoms with E-state index in [0.717, 1.165) is 13.0 Å². The molecule has 12 heavy (non-hydrogen) atoms. The number of rotatable bonds is 1. The Balaban J connectivity index is 2.55. The van der Waals surface area contributed by atoms with Crippen LogP contribution in [0.15, 0.2) is 0 Å². The first-order valence-corrected chi connectivity index (χ1v) is 4.43. The summed E-state index contributed by atoms with van der Waals surface area (Å²) in [5, 5.41) is 1.98. The highest BCUT2D eigenvalue weighted by atomic mass is 16.1. The molecule has 0 saturated carbocycles. The number of carbonyl (C=O) groups is 1. The minimum atomic E-state index is -0.219. The molecule has 1 saturated heterocycles. The van der Waals surface area contributed by atoms with Gasteiger partial charge in [-0.1, -0.05) is 20.8 Å². The van der Waals surface area contributed by atoms with Crippen molar-refractivity contribution in [3.63, 3.8) is 0 Å². The van der Waals surface area contributed by atoms with Crippen molar-refractivity contribution in [2.45, 2.75) is 33.2 Å². The predicted molar refractivity (Wildman–Crippen MR) is 48.6 cm³/mol. The Kier molecular flexibility index (Phi) is 2.54. The van der Waals surface area contributed by atoms with Crippen LogP contribution in [0.25, 0.3) is 0 Å². The number of hydrogen-bond donors (Lipinski definition) is 1. The van der Waals surface area contributed by atoms with Crippen molar-refractivity contribution in [3.8, 4) is 0 Å². The molecular weight excluding hydrogens is 152 g/mol. The highest BCUT2D eigenvalue weighted by Crippen LogP contribution is 2.20. The maximum Gasteiger partial charge on any atom is 0.156 e. The number of carbonyl (C=O) groups excluding carboxylic acids is 1. The fourth-order valence-corrected chi connectivity index (χ4v) is 1.43. The summed E-state index contributed by atoms with van der Waals surface area (Å²) in [6.07, 6.45) is 0.937. The second-order valence-electron chi connectivity index (χ2n) is 4.51. The zero-order chi connectivity index (χ0) is 9.35. The molecule has 3 nitrogen and oxygen atoms in total. The van der Waals surface area contributed by atoms with Crippen molar-refractivity contribution in [1.29, 1.82) is 0 Å². The molecule has 1 atom stereocenters. The molecule has 1 fully saturated rings. The summed E-state index contributed by atoms with van der Waals surface area (Å²) in [5.74, 6) is 0.312. The zero-order valence-corrected chi connectivity index (χ0v) is 8.35. The summed E-state index contributed by atoms with van der Waals surface area (Å²) in [5.41, 5.74) is 2.92. The molecule has 1 aliphatic heterocycles. The van der Waals surface area contributed by atoms with Gasteiger partial charge in [0.05, 0.1) is 6.04 Å². The summed E-state index contributed by atoms with van der Waals surface area (Å²) in [6, 6.07) is 0.0370. The van der Waals surface area contributed by atoms with E-state index in [-0.39, 0.29) is 11.5 Å². The van der Waals surface area contributed by atoms with E-state index in [9.17, 15) is 4.79 Å². The smallest absolute Gasteiger partial charge is 0.156 e. The summed E-state index contributed by atoms with van der Waals surface area (Å²) in [6.45, 7) is 6.87. The van der Waals surface area contributed by atoms with Crippen molar-refractivity contribution in [1.82, 2.24) is 10.4 Å². The third kappa shape index (κ3) is 2.05. The van der Waals surface area contributed by atoms with E-state index in [1.807, 2.05) is 32.8 Å². The second kappa shape index (κ2) is 3.15. The minimum absolute atomic E-state index is 0.0370. The van der Waals surface area contributed by atoms with Gasteiger partial charge in [0.25, 0.3) is 0 Å². The molecule has 0 radical (unpaired) electrons. The molecule has 0 bridgehead atoms. The highest BCUT2D eigenvalue weighted by Gasteiger charge is 2.32. The lowest BCUT2D eigenvalue weighted by Gasteiger charge is -2.21. The van der Waals surface area contributed by atoms with E-state index in [4.69, 9.17) is 0 Å². The van der Waals surface area contributed by atoms with Crippen LogP contribution in [0, 0.1) is 5.41 Å².